The fraction of sp³-hybridized carbons (Fsp3) is 0.438. The number of imide groups is 1. The zero-order chi connectivity index (χ0) is 18.3. The van der Waals surface area contributed by atoms with Gasteiger partial charge in [0, 0.05) is 14.7 Å². The highest BCUT2D eigenvalue weighted by Gasteiger charge is 2.52. The van der Waals surface area contributed by atoms with Crippen LogP contribution in [0, 0.1) is 11.8 Å². The van der Waals surface area contributed by atoms with Crippen molar-refractivity contribution in [2.24, 2.45) is 11.8 Å². The van der Waals surface area contributed by atoms with Crippen LogP contribution in [0.3, 0.4) is 0 Å². The smallest absolute Gasteiger partial charge is 0.244 e. The molecule has 1 aromatic rings. The van der Waals surface area contributed by atoms with Gasteiger partial charge in [-0.25, -0.2) is 0 Å². The highest BCUT2D eigenvalue weighted by atomic mass is 79.9. The number of halogens is 4. The van der Waals surface area contributed by atoms with E-state index in [1.165, 1.54) is 6.07 Å². The minimum atomic E-state index is -0.490. The predicted molar refractivity (Wildman–Crippen MR) is 103 cm³/mol. The Balaban J connectivity index is 1.70. The zero-order valence-corrected chi connectivity index (χ0v) is 17.5. The number of carbonyl (C=O) groups is 3. The molecule has 25 heavy (non-hydrogen) atoms. The highest BCUT2D eigenvalue weighted by molar-refractivity contribution is 9.12. The molecule has 0 bridgehead atoms. The average molecular weight is 513 g/mol. The maximum absolute atomic E-state index is 12.6. The summed E-state index contributed by atoms with van der Waals surface area (Å²) in [5, 5.41) is 3.35. The van der Waals surface area contributed by atoms with Crippen molar-refractivity contribution < 1.29 is 14.4 Å². The molecule has 1 heterocycles. The van der Waals surface area contributed by atoms with Crippen molar-refractivity contribution in [2.75, 3.05) is 11.9 Å². The first-order valence-electron chi connectivity index (χ1n) is 7.66. The van der Waals surface area contributed by atoms with Crippen molar-refractivity contribution in [2.45, 2.75) is 22.5 Å². The molecule has 5 nitrogen and oxygen atoms in total. The standard InChI is InChI=1S/C16H14Br2Cl2N2O3/c17-10-4-8-9(5-11(10)18)16(25)22(15(8)24)6-14(23)21-13-3-7(19)1-2-12(13)20/h1-3,8-11H,4-6H2,(H,21,23)/t8-,9-,10+,11+/m1/s1. The Hall–Kier alpha value is -0.630. The summed E-state index contributed by atoms with van der Waals surface area (Å²) in [6.07, 6.45) is 1.15. The van der Waals surface area contributed by atoms with E-state index < -0.39 is 5.91 Å². The molecule has 3 rings (SSSR count). The maximum atomic E-state index is 12.6. The summed E-state index contributed by atoms with van der Waals surface area (Å²) in [5.74, 6) is -1.80. The second kappa shape index (κ2) is 7.55. The Bertz CT molecular complexity index is 718. The van der Waals surface area contributed by atoms with Crippen molar-refractivity contribution >= 4 is 78.5 Å². The molecular weight excluding hydrogens is 499 g/mol. The lowest BCUT2D eigenvalue weighted by Crippen LogP contribution is -2.38. The van der Waals surface area contributed by atoms with Crippen LogP contribution in [0.5, 0.6) is 0 Å². The third-order valence-electron chi connectivity index (χ3n) is 4.51. The van der Waals surface area contributed by atoms with Crippen LogP contribution < -0.4 is 5.32 Å². The number of nitrogens with zero attached hydrogens (tertiary/aromatic N) is 1. The molecule has 1 aliphatic heterocycles. The number of amides is 3. The summed E-state index contributed by atoms with van der Waals surface area (Å²) in [7, 11) is 0. The van der Waals surface area contributed by atoms with Crippen LogP contribution in [0.15, 0.2) is 18.2 Å². The van der Waals surface area contributed by atoms with Crippen molar-refractivity contribution in [3.05, 3.63) is 28.2 Å². The number of likely N-dealkylation sites (tertiary alicyclic amines) is 1. The molecule has 9 heteroatoms. The normalized spacial score (nSPS) is 28.9. The minimum absolute atomic E-state index is 0.129. The Morgan fingerprint density at radius 3 is 2.24 bits per heavy atom. The van der Waals surface area contributed by atoms with Gasteiger partial charge < -0.3 is 5.32 Å². The van der Waals surface area contributed by atoms with Crippen molar-refractivity contribution in [3.8, 4) is 0 Å². The Morgan fingerprint density at radius 2 is 1.68 bits per heavy atom. The fourth-order valence-corrected chi connectivity index (χ4v) is 4.82. The van der Waals surface area contributed by atoms with Gasteiger partial charge in [0.25, 0.3) is 0 Å². The molecule has 2 aliphatic rings. The van der Waals surface area contributed by atoms with Crippen LogP contribution in [0.25, 0.3) is 0 Å². The first-order chi connectivity index (χ1) is 11.8. The van der Waals surface area contributed by atoms with Crippen LogP contribution in [-0.4, -0.2) is 38.8 Å². The first kappa shape index (κ1) is 19.1. The average Bonchev–Trinajstić information content (AvgIpc) is 2.76. The predicted octanol–water partition coefficient (Wildman–Crippen LogP) is 3.85. The van der Waals surface area contributed by atoms with Gasteiger partial charge >= 0.3 is 0 Å². The second-order valence-corrected chi connectivity index (χ2v) is 9.35. The summed E-state index contributed by atoms with van der Waals surface area (Å²) in [4.78, 5) is 38.7. The molecule has 0 radical (unpaired) electrons. The summed E-state index contributed by atoms with van der Waals surface area (Å²) < 4.78 is 0. The molecule has 1 N–H and O–H groups in total. The largest absolute Gasteiger partial charge is 0.323 e. The number of carbonyl (C=O) groups excluding carboxylic acids is 3. The molecule has 134 valence electrons. The van der Waals surface area contributed by atoms with Gasteiger partial charge in [0.15, 0.2) is 0 Å². The topological polar surface area (TPSA) is 66.5 Å². The maximum Gasteiger partial charge on any atom is 0.244 e. The molecule has 1 aliphatic carbocycles. The van der Waals surface area contributed by atoms with Gasteiger partial charge in [-0.2, -0.15) is 0 Å². The van der Waals surface area contributed by atoms with Crippen LogP contribution in [0.1, 0.15) is 12.8 Å². The van der Waals surface area contributed by atoms with E-state index in [1.807, 2.05) is 0 Å². The molecule has 1 aromatic carbocycles. The number of nitrogens with one attached hydrogen (secondary N) is 1. The summed E-state index contributed by atoms with van der Waals surface area (Å²) in [6, 6.07) is 4.68. The SMILES string of the molecule is O=C(CN1C(=O)[C@@H]2C[C@H](Br)[C@@H](Br)C[C@H]2C1=O)Nc1cc(Cl)ccc1Cl. The number of benzene rings is 1. The van der Waals surface area contributed by atoms with Gasteiger partial charge in [-0.1, -0.05) is 55.1 Å². The number of anilines is 1. The molecule has 4 atom stereocenters. The molecule has 0 aromatic heterocycles. The van der Waals surface area contributed by atoms with E-state index in [-0.39, 0.29) is 39.8 Å². The number of hydrogen-bond donors (Lipinski definition) is 1. The van der Waals surface area contributed by atoms with E-state index in [9.17, 15) is 14.4 Å². The van der Waals surface area contributed by atoms with Gasteiger partial charge in [-0.3, -0.25) is 19.3 Å². The number of hydrogen-bond acceptors (Lipinski definition) is 3. The fourth-order valence-electron chi connectivity index (χ4n) is 3.25. The van der Waals surface area contributed by atoms with E-state index in [1.54, 1.807) is 12.1 Å². The molecule has 2 fully saturated rings. The van der Waals surface area contributed by atoms with Gasteiger partial charge in [0.05, 0.1) is 22.5 Å². The summed E-state index contributed by atoms with van der Waals surface area (Å²) in [6.45, 7) is -0.326. The van der Waals surface area contributed by atoms with Gasteiger partial charge in [-0.05, 0) is 31.0 Å². The molecule has 0 spiro atoms. The summed E-state index contributed by atoms with van der Waals surface area (Å²) >= 11 is 19.0. The Labute approximate surface area is 171 Å². The minimum Gasteiger partial charge on any atom is -0.323 e. The number of rotatable bonds is 3. The van der Waals surface area contributed by atoms with Gasteiger partial charge in [0.2, 0.25) is 17.7 Å². The van der Waals surface area contributed by atoms with Crippen molar-refractivity contribution in [3.63, 3.8) is 0 Å². The van der Waals surface area contributed by atoms with E-state index in [0.717, 1.165) is 4.90 Å². The highest BCUT2D eigenvalue weighted by Crippen LogP contribution is 2.43. The lowest BCUT2D eigenvalue weighted by molar-refractivity contribution is -0.142. The Kier molecular flexibility index (Phi) is 5.78. The van der Waals surface area contributed by atoms with Gasteiger partial charge in [0.1, 0.15) is 6.54 Å². The second-order valence-electron chi connectivity index (χ2n) is 6.15. The van der Waals surface area contributed by atoms with Crippen LogP contribution in [0.4, 0.5) is 5.69 Å². The third-order valence-corrected chi connectivity index (χ3v) is 7.81. The third kappa shape index (κ3) is 3.89. The number of fused-ring (bicyclic) bond motifs is 1. The molecular formula is C16H14Br2Cl2N2O3. The monoisotopic (exact) mass is 510 g/mol. The quantitative estimate of drug-likeness (QED) is 0.494. The molecule has 1 saturated heterocycles. The van der Waals surface area contributed by atoms with Crippen molar-refractivity contribution in [1.29, 1.82) is 0 Å². The lowest BCUT2D eigenvalue weighted by Gasteiger charge is -2.29. The van der Waals surface area contributed by atoms with E-state index >= 15 is 0 Å². The van der Waals surface area contributed by atoms with Crippen LogP contribution in [-0.2, 0) is 14.4 Å². The van der Waals surface area contributed by atoms with Gasteiger partial charge in [-0.15, -0.1) is 0 Å². The van der Waals surface area contributed by atoms with E-state index in [0.29, 0.717) is 28.6 Å². The zero-order valence-electron chi connectivity index (χ0n) is 12.8. The molecule has 1 saturated carbocycles. The van der Waals surface area contributed by atoms with E-state index in [2.05, 4.69) is 37.2 Å². The van der Waals surface area contributed by atoms with Crippen LogP contribution >= 0.6 is 55.1 Å². The van der Waals surface area contributed by atoms with Crippen molar-refractivity contribution in [1.82, 2.24) is 4.90 Å². The first-order valence-corrected chi connectivity index (χ1v) is 10.2. The molecule has 3 amide bonds. The lowest BCUT2D eigenvalue weighted by atomic mass is 9.81. The summed E-state index contributed by atoms with van der Waals surface area (Å²) in [5.41, 5.74) is 0.344. The Morgan fingerprint density at radius 1 is 1.12 bits per heavy atom. The molecule has 0 unspecified atom stereocenters. The number of alkyl halides is 2. The van der Waals surface area contributed by atoms with E-state index in [4.69, 9.17) is 23.2 Å². The van der Waals surface area contributed by atoms with Crippen LogP contribution in [0.2, 0.25) is 10.0 Å².